The van der Waals surface area contributed by atoms with Gasteiger partial charge < -0.3 is 9.47 Å². The molecule has 33 heavy (non-hydrogen) atoms. The molecule has 8 nitrogen and oxygen atoms in total. The number of hydrazone groups is 1. The van der Waals surface area contributed by atoms with Crippen LogP contribution < -0.4 is 14.9 Å². The Hall–Kier alpha value is -2.74. The second-order valence-electron chi connectivity index (χ2n) is 6.68. The summed E-state index contributed by atoms with van der Waals surface area (Å²) in [5.41, 5.74) is 4.59. The molecule has 3 aromatic carbocycles. The molecular weight excluding hydrogens is 652 g/mol. The third kappa shape index (κ3) is 7.12. The first-order valence-corrected chi connectivity index (χ1v) is 11.9. The topological polar surface area (TPSA) is 103 Å². The van der Waals surface area contributed by atoms with Crippen LogP contribution in [0, 0.1) is 17.3 Å². The highest BCUT2D eigenvalue weighted by Crippen LogP contribution is 2.34. The number of carbonyl (C=O) groups excluding carboxylic acids is 1. The van der Waals surface area contributed by atoms with Gasteiger partial charge >= 0.3 is 0 Å². The molecule has 170 valence electrons. The van der Waals surface area contributed by atoms with Gasteiger partial charge in [0.05, 0.1) is 21.3 Å². The Kier molecular flexibility index (Phi) is 9.00. The highest BCUT2D eigenvalue weighted by atomic mass is 127. The number of nitro groups is 1. The van der Waals surface area contributed by atoms with Crippen LogP contribution in [0.2, 0.25) is 0 Å². The fourth-order valence-electron chi connectivity index (χ4n) is 2.77. The van der Waals surface area contributed by atoms with Crippen LogP contribution in [-0.4, -0.2) is 23.7 Å². The first-order valence-electron chi connectivity index (χ1n) is 9.79. The molecule has 1 amide bonds. The van der Waals surface area contributed by atoms with Crippen molar-refractivity contribution in [1.82, 2.24) is 5.43 Å². The molecule has 0 aliphatic carbocycles. The average molecular weight is 671 g/mol. The van der Waals surface area contributed by atoms with Crippen molar-refractivity contribution in [2.45, 2.75) is 13.5 Å². The maximum Gasteiger partial charge on any atom is 0.271 e. The van der Waals surface area contributed by atoms with E-state index in [-0.39, 0.29) is 18.2 Å². The van der Waals surface area contributed by atoms with E-state index in [0.717, 1.165) is 18.3 Å². The van der Waals surface area contributed by atoms with Gasteiger partial charge in [-0.3, -0.25) is 14.9 Å². The summed E-state index contributed by atoms with van der Waals surface area (Å²) in [6, 6.07) is 17.0. The van der Waals surface area contributed by atoms with Gasteiger partial charge in [0.2, 0.25) is 0 Å². The maximum absolute atomic E-state index is 12.2. The molecule has 3 rings (SSSR count). The molecule has 0 spiro atoms. The van der Waals surface area contributed by atoms with Crippen LogP contribution in [0.5, 0.6) is 11.5 Å². The number of nitrogens with zero attached hydrogens (tertiary/aromatic N) is 2. The summed E-state index contributed by atoms with van der Waals surface area (Å²) in [7, 11) is 0. The van der Waals surface area contributed by atoms with Gasteiger partial charge in [-0.15, -0.1) is 0 Å². The number of hydrogen-bond donors (Lipinski definition) is 1. The quantitative estimate of drug-likeness (QED) is 0.139. The minimum Gasteiger partial charge on any atom is -0.490 e. The fourth-order valence-corrected chi connectivity index (χ4v) is 3.91. The maximum atomic E-state index is 12.2. The van der Waals surface area contributed by atoms with Crippen LogP contribution in [0.3, 0.4) is 0 Å². The molecule has 0 saturated heterocycles. The zero-order valence-electron chi connectivity index (χ0n) is 17.5. The van der Waals surface area contributed by atoms with E-state index in [1.54, 1.807) is 30.3 Å². The molecule has 0 unspecified atom stereocenters. The Morgan fingerprint density at radius 1 is 1.09 bits per heavy atom. The lowest BCUT2D eigenvalue weighted by Crippen LogP contribution is -2.17. The summed E-state index contributed by atoms with van der Waals surface area (Å²) >= 11 is 4.32. The number of halogens is 2. The lowest BCUT2D eigenvalue weighted by molar-refractivity contribution is -0.384. The number of nitro benzene ring substituents is 1. The predicted octanol–water partition coefficient (Wildman–Crippen LogP) is 5.55. The number of ether oxygens (including phenoxy) is 2. The van der Waals surface area contributed by atoms with Gasteiger partial charge in [-0.05, 0) is 112 Å². The molecule has 0 saturated carbocycles. The summed E-state index contributed by atoms with van der Waals surface area (Å²) in [6.07, 6.45) is 1.54. The lowest BCUT2D eigenvalue weighted by Gasteiger charge is -2.14. The molecule has 0 aliphatic heterocycles. The van der Waals surface area contributed by atoms with E-state index < -0.39 is 4.92 Å². The minimum atomic E-state index is -0.441. The molecule has 3 aromatic rings. The Bertz CT molecular complexity index is 1170. The van der Waals surface area contributed by atoms with E-state index >= 15 is 0 Å². The first kappa shape index (κ1) is 24.9. The largest absolute Gasteiger partial charge is 0.490 e. The standard InChI is InChI=1S/C23H19I2N3O5/c1-2-32-21-12-16(13-26-27-23(29)17-5-7-18(24)8-6-17)11-20(25)22(21)33-14-15-3-9-19(10-4-15)28(30)31/h3-13H,2,14H2,1H3,(H,27,29)/b26-13-. The number of benzene rings is 3. The summed E-state index contributed by atoms with van der Waals surface area (Å²) in [4.78, 5) is 22.6. The van der Waals surface area contributed by atoms with Crippen molar-refractivity contribution >= 4 is 63.0 Å². The minimum absolute atomic E-state index is 0.0288. The van der Waals surface area contributed by atoms with Crippen molar-refractivity contribution in [3.63, 3.8) is 0 Å². The Morgan fingerprint density at radius 2 is 1.79 bits per heavy atom. The van der Waals surface area contributed by atoms with Crippen molar-refractivity contribution in [1.29, 1.82) is 0 Å². The smallest absolute Gasteiger partial charge is 0.271 e. The van der Waals surface area contributed by atoms with Crippen LogP contribution in [0.25, 0.3) is 0 Å². The molecule has 0 radical (unpaired) electrons. The first-order chi connectivity index (χ1) is 15.9. The van der Waals surface area contributed by atoms with Gasteiger partial charge in [0.1, 0.15) is 6.61 Å². The summed E-state index contributed by atoms with van der Waals surface area (Å²) in [6.45, 7) is 2.54. The zero-order valence-corrected chi connectivity index (χ0v) is 21.8. The van der Waals surface area contributed by atoms with E-state index in [1.165, 1.54) is 18.3 Å². The number of non-ortho nitro benzene ring substituents is 1. The van der Waals surface area contributed by atoms with Gasteiger partial charge in [-0.25, -0.2) is 5.43 Å². The average Bonchev–Trinajstić information content (AvgIpc) is 2.79. The Balaban J connectivity index is 1.70. The molecule has 0 heterocycles. The zero-order chi connectivity index (χ0) is 23.8. The number of hydrogen-bond acceptors (Lipinski definition) is 6. The highest BCUT2D eigenvalue weighted by molar-refractivity contribution is 14.1. The molecule has 1 N–H and O–H groups in total. The van der Waals surface area contributed by atoms with Crippen LogP contribution in [0.1, 0.15) is 28.4 Å². The number of rotatable bonds is 9. The molecule has 0 bridgehead atoms. The number of nitrogens with one attached hydrogen (secondary N) is 1. The molecule has 0 fully saturated rings. The molecule has 10 heteroatoms. The third-order valence-corrected chi connectivity index (χ3v) is 5.87. The van der Waals surface area contributed by atoms with Crippen molar-refractivity contribution < 1.29 is 19.2 Å². The SMILES string of the molecule is CCOc1cc(/C=N\NC(=O)c2ccc(I)cc2)cc(I)c1OCc1ccc([N+](=O)[O-])cc1. The van der Waals surface area contributed by atoms with Crippen molar-refractivity contribution in [2.75, 3.05) is 6.61 Å². The summed E-state index contributed by atoms with van der Waals surface area (Å²) in [5.74, 6) is 0.804. The van der Waals surface area contributed by atoms with Gasteiger partial charge in [-0.1, -0.05) is 0 Å². The van der Waals surface area contributed by atoms with Crippen molar-refractivity contribution in [3.8, 4) is 11.5 Å². The van der Waals surface area contributed by atoms with E-state index in [4.69, 9.17) is 9.47 Å². The number of carbonyl (C=O) groups is 1. The van der Waals surface area contributed by atoms with Crippen molar-refractivity contribution in [3.05, 3.63) is 94.6 Å². The predicted molar refractivity (Wildman–Crippen MR) is 142 cm³/mol. The van der Waals surface area contributed by atoms with E-state index in [2.05, 4.69) is 55.7 Å². The fraction of sp³-hybridized carbons (Fsp3) is 0.130. The van der Waals surface area contributed by atoms with Crippen LogP contribution in [0.15, 0.2) is 65.8 Å². The van der Waals surface area contributed by atoms with E-state index in [0.29, 0.717) is 23.7 Å². The lowest BCUT2D eigenvalue weighted by atomic mass is 10.2. The van der Waals surface area contributed by atoms with Crippen LogP contribution in [-0.2, 0) is 6.61 Å². The van der Waals surface area contributed by atoms with Crippen molar-refractivity contribution in [2.24, 2.45) is 5.10 Å². The molecular formula is C23H19I2N3O5. The molecule has 0 aliphatic rings. The summed E-state index contributed by atoms with van der Waals surface area (Å²) in [5, 5.41) is 14.9. The molecule has 0 aromatic heterocycles. The van der Waals surface area contributed by atoms with Gasteiger partial charge in [-0.2, -0.15) is 5.10 Å². The van der Waals surface area contributed by atoms with Crippen LogP contribution in [0.4, 0.5) is 5.69 Å². The van der Waals surface area contributed by atoms with Gasteiger partial charge in [0, 0.05) is 21.3 Å². The van der Waals surface area contributed by atoms with E-state index in [1.807, 2.05) is 25.1 Å². The Labute approximate surface area is 217 Å². The third-order valence-electron chi connectivity index (χ3n) is 4.35. The molecule has 0 atom stereocenters. The number of amides is 1. The second kappa shape index (κ2) is 11.9. The van der Waals surface area contributed by atoms with Crippen LogP contribution >= 0.6 is 45.2 Å². The highest BCUT2D eigenvalue weighted by Gasteiger charge is 2.13. The van der Waals surface area contributed by atoms with Gasteiger partial charge in [0.25, 0.3) is 11.6 Å². The summed E-state index contributed by atoms with van der Waals surface area (Å²) < 4.78 is 13.5. The monoisotopic (exact) mass is 671 g/mol. The van der Waals surface area contributed by atoms with E-state index in [9.17, 15) is 14.9 Å². The van der Waals surface area contributed by atoms with Gasteiger partial charge in [0.15, 0.2) is 11.5 Å². The Morgan fingerprint density at radius 3 is 2.42 bits per heavy atom. The normalized spacial score (nSPS) is 10.8. The second-order valence-corrected chi connectivity index (χ2v) is 9.09.